The summed E-state index contributed by atoms with van der Waals surface area (Å²) in [5, 5.41) is 12.6. The summed E-state index contributed by atoms with van der Waals surface area (Å²) in [6, 6.07) is 7.51. The number of phenolic OH excluding ortho intramolecular Hbond substituents is 1. The summed E-state index contributed by atoms with van der Waals surface area (Å²) < 4.78 is 37.1. The third-order valence-electron chi connectivity index (χ3n) is 4.00. The number of halogens is 3. The van der Waals surface area contributed by atoms with Gasteiger partial charge in [-0.05, 0) is 43.9 Å². The molecule has 2 N–H and O–H groups in total. The van der Waals surface area contributed by atoms with E-state index in [-0.39, 0.29) is 17.8 Å². The van der Waals surface area contributed by atoms with Gasteiger partial charge >= 0.3 is 6.18 Å². The molecule has 22 heavy (non-hydrogen) atoms. The zero-order valence-corrected chi connectivity index (χ0v) is 12.7. The number of alkyl halides is 3. The third kappa shape index (κ3) is 5.85. The quantitative estimate of drug-likeness (QED) is 0.847. The van der Waals surface area contributed by atoms with Gasteiger partial charge in [-0.25, -0.2) is 0 Å². The molecule has 0 spiro atoms. The number of hydrogen-bond donors (Lipinski definition) is 2. The van der Waals surface area contributed by atoms with E-state index in [1.165, 1.54) is 4.90 Å². The minimum Gasteiger partial charge on any atom is -0.508 e. The first-order valence-electron chi connectivity index (χ1n) is 7.65. The van der Waals surface area contributed by atoms with E-state index in [1.807, 2.05) is 12.1 Å². The fourth-order valence-electron chi connectivity index (χ4n) is 2.90. The highest BCUT2D eigenvalue weighted by molar-refractivity contribution is 5.25. The van der Waals surface area contributed by atoms with Crippen molar-refractivity contribution >= 4 is 0 Å². The Labute approximate surface area is 129 Å². The number of aryl methyl sites for hydroxylation is 1. The molecule has 1 saturated heterocycles. The summed E-state index contributed by atoms with van der Waals surface area (Å²) in [7, 11) is 0. The van der Waals surface area contributed by atoms with Crippen LogP contribution in [-0.4, -0.2) is 47.9 Å². The summed E-state index contributed by atoms with van der Waals surface area (Å²) in [6.45, 7) is 2.21. The van der Waals surface area contributed by atoms with E-state index >= 15 is 0 Å². The second-order valence-electron chi connectivity index (χ2n) is 6.11. The fourth-order valence-corrected chi connectivity index (χ4v) is 2.90. The molecular formula is C16H23F3N2O. The minimum absolute atomic E-state index is 0.136. The number of rotatable bonds is 6. The van der Waals surface area contributed by atoms with Crippen molar-refractivity contribution in [2.45, 2.75) is 44.4 Å². The SMILES string of the molecule is C[C@@H](CCc1ccc(O)cc1)N[C@H]1CCN(CC(F)(F)F)C1. The van der Waals surface area contributed by atoms with Crippen LogP contribution >= 0.6 is 0 Å². The number of hydrogen-bond acceptors (Lipinski definition) is 3. The molecule has 0 aliphatic carbocycles. The monoisotopic (exact) mass is 316 g/mol. The molecule has 3 nitrogen and oxygen atoms in total. The summed E-state index contributed by atoms with van der Waals surface area (Å²) in [5.74, 6) is 0.255. The highest BCUT2D eigenvalue weighted by Crippen LogP contribution is 2.20. The van der Waals surface area contributed by atoms with E-state index in [1.54, 1.807) is 12.1 Å². The Kier molecular flexibility index (Phi) is 5.69. The van der Waals surface area contributed by atoms with Gasteiger partial charge in [0.05, 0.1) is 6.54 Å². The highest BCUT2D eigenvalue weighted by atomic mass is 19.4. The van der Waals surface area contributed by atoms with Crippen LogP contribution in [0.3, 0.4) is 0 Å². The smallest absolute Gasteiger partial charge is 0.401 e. The minimum atomic E-state index is -4.11. The van der Waals surface area contributed by atoms with Gasteiger partial charge in [0.1, 0.15) is 5.75 Å². The van der Waals surface area contributed by atoms with Crippen molar-refractivity contribution < 1.29 is 18.3 Å². The van der Waals surface area contributed by atoms with Gasteiger partial charge in [-0.15, -0.1) is 0 Å². The summed E-state index contributed by atoms with van der Waals surface area (Å²) in [5.41, 5.74) is 1.15. The van der Waals surface area contributed by atoms with E-state index in [9.17, 15) is 18.3 Å². The van der Waals surface area contributed by atoms with Gasteiger partial charge in [-0.3, -0.25) is 4.90 Å². The van der Waals surface area contributed by atoms with Gasteiger partial charge < -0.3 is 10.4 Å². The molecule has 1 fully saturated rings. The van der Waals surface area contributed by atoms with Crippen molar-refractivity contribution in [2.24, 2.45) is 0 Å². The molecule has 0 bridgehead atoms. The Balaban J connectivity index is 1.69. The van der Waals surface area contributed by atoms with Crippen LogP contribution in [0.15, 0.2) is 24.3 Å². The van der Waals surface area contributed by atoms with Gasteiger partial charge in [0, 0.05) is 25.2 Å². The zero-order valence-electron chi connectivity index (χ0n) is 12.7. The molecule has 1 aliphatic heterocycles. The first kappa shape index (κ1) is 17.1. The molecular weight excluding hydrogens is 293 g/mol. The fraction of sp³-hybridized carbons (Fsp3) is 0.625. The maximum atomic E-state index is 12.4. The summed E-state index contributed by atoms with van der Waals surface area (Å²) >= 11 is 0. The number of benzene rings is 1. The topological polar surface area (TPSA) is 35.5 Å². The number of likely N-dealkylation sites (tertiary alicyclic amines) is 1. The van der Waals surface area contributed by atoms with Crippen LogP contribution in [0.5, 0.6) is 5.75 Å². The number of phenols is 1. The lowest BCUT2D eigenvalue weighted by Crippen LogP contribution is -2.40. The van der Waals surface area contributed by atoms with Crippen molar-refractivity contribution in [1.82, 2.24) is 10.2 Å². The Morgan fingerprint density at radius 2 is 2.00 bits per heavy atom. The Morgan fingerprint density at radius 3 is 2.64 bits per heavy atom. The van der Waals surface area contributed by atoms with Crippen molar-refractivity contribution in [3.8, 4) is 5.75 Å². The van der Waals surface area contributed by atoms with E-state index in [4.69, 9.17) is 0 Å². The Morgan fingerprint density at radius 1 is 1.32 bits per heavy atom. The molecule has 0 radical (unpaired) electrons. The van der Waals surface area contributed by atoms with Crippen LogP contribution < -0.4 is 5.32 Å². The summed E-state index contributed by atoms with van der Waals surface area (Å²) in [4.78, 5) is 1.46. The average molecular weight is 316 g/mol. The first-order valence-corrected chi connectivity index (χ1v) is 7.65. The number of nitrogens with zero attached hydrogens (tertiary/aromatic N) is 1. The molecule has 2 rings (SSSR count). The van der Waals surface area contributed by atoms with Crippen LogP contribution in [0.1, 0.15) is 25.3 Å². The highest BCUT2D eigenvalue weighted by Gasteiger charge is 2.34. The van der Waals surface area contributed by atoms with Crippen molar-refractivity contribution in [1.29, 1.82) is 0 Å². The third-order valence-corrected chi connectivity index (χ3v) is 4.00. The van der Waals surface area contributed by atoms with Gasteiger partial charge in [0.15, 0.2) is 0 Å². The lowest BCUT2D eigenvalue weighted by molar-refractivity contribution is -0.143. The van der Waals surface area contributed by atoms with Gasteiger partial charge in [0.25, 0.3) is 0 Å². The molecule has 1 aliphatic rings. The van der Waals surface area contributed by atoms with E-state index in [0.29, 0.717) is 13.1 Å². The maximum absolute atomic E-state index is 12.4. The van der Waals surface area contributed by atoms with Crippen molar-refractivity contribution in [3.05, 3.63) is 29.8 Å². The maximum Gasteiger partial charge on any atom is 0.401 e. The molecule has 124 valence electrons. The molecule has 1 heterocycles. The molecule has 6 heteroatoms. The molecule has 2 atom stereocenters. The zero-order chi connectivity index (χ0) is 16.2. The normalized spacial score (nSPS) is 21.2. The number of aromatic hydroxyl groups is 1. The van der Waals surface area contributed by atoms with Gasteiger partial charge in [-0.1, -0.05) is 12.1 Å². The summed E-state index contributed by atoms with van der Waals surface area (Å²) in [6.07, 6.45) is -1.55. The van der Waals surface area contributed by atoms with Gasteiger partial charge in [0.2, 0.25) is 0 Å². The molecule has 0 saturated carbocycles. The average Bonchev–Trinajstić information content (AvgIpc) is 2.83. The lowest BCUT2D eigenvalue weighted by Gasteiger charge is -2.21. The first-order chi connectivity index (χ1) is 10.3. The molecule has 1 aromatic rings. The van der Waals surface area contributed by atoms with Gasteiger partial charge in [-0.2, -0.15) is 13.2 Å². The van der Waals surface area contributed by atoms with Crippen molar-refractivity contribution in [2.75, 3.05) is 19.6 Å². The van der Waals surface area contributed by atoms with Crippen LogP contribution in [0.4, 0.5) is 13.2 Å². The standard InChI is InChI=1S/C16H23F3N2O/c1-12(2-3-13-4-6-15(22)7-5-13)20-14-8-9-21(10-14)11-16(17,18)19/h4-7,12,14,20,22H,2-3,8-11H2,1H3/t12-,14-/m0/s1. The van der Waals surface area contributed by atoms with Crippen LogP contribution in [0.2, 0.25) is 0 Å². The van der Waals surface area contributed by atoms with Crippen LogP contribution in [-0.2, 0) is 6.42 Å². The largest absolute Gasteiger partial charge is 0.508 e. The van der Waals surface area contributed by atoms with E-state index in [0.717, 1.165) is 24.8 Å². The molecule has 0 amide bonds. The molecule has 0 aromatic heterocycles. The van der Waals surface area contributed by atoms with Crippen LogP contribution in [0.25, 0.3) is 0 Å². The second kappa shape index (κ2) is 7.33. The lowest BCUT2D eigenvalue weighted by atomic mass is 10.1. The second-order valence-corrected chi connectivity index (χ2v) is 6.11. The van der Waals surface area contributed by atoms with Crippen molar-refractivity contribution in [3.63, 3.8) is 0 Å². The molecule has 0 unspecified atom stereocenters. The van der Waals surface area contributed by atoms with E-state index < -0.39 is 12.7 Å². The van der Waals surface area contributed by atoms with Crippen LogP contribution in [0, 0.1) is 0 Å². The predicted octanol–water partition coefficient (Wildman–Crippen LogP) is 2.94. The Bertz CT molecular complexity index is 461. The predicted molar refractivity (Wildman–Crippen MR) is 79.9 cm³/mol. The molecule has 1 aromatic carbocycles. The van der Waals surface area contributed by atoms with E-state index in [2.05, 4.69) is 12.2 Å². The number of nitrogens with one attached hydrogen (secondary N) is 1. The Hall–Kier alpha value is -1.27.